The van der Waals surface area contributed by atoms with Gasteiger partial charge >= 0.3 is 0 Å². The van der Waals surface area contributed by atoms with Crippen molar-refractivity contribution in [1.29, 1.82) is 0 Å². The molecule has 5 heteroatoms. The van der Waals surface area contributed by atoms with E-state index in [0.29, 0.717) is 0 Å². The van der Waals surface area contributed by atoms with Crippen molar-refractivity contribution in [3.8, 4) is 0 Å². The van der Waals surface area contributed by atoms with Crippen molar-refractivity contribution in [3.05, 3.63) is 27.9 Å². The Balaban J connectivity index is 1.98. The fourth-order valence-electron chi connectivity index (χ4n) is 1.99. The minimum Gasteiger partial charge on any atom is -0.379 e. The zero-order chi connectivity index (χ0) is 14.8. The summed E-state index contributed by atoms with van der Waals surface area (Å²) in [6.07, 6.45) is 0.908. The van der Waals surface area contributed by atoms with Gasteiger partial charge in [0, 0.05) is 33.9 Å². The molecule has 2 N–H and O–H groups in total. The molecular weight excluding hydrogens is 286 g/mol. The molecule has 0 atom stereocenters. The number of thiophene rings is 1. The first-order valence-electron chi connectivity index (χ1n) is 6.76. The van der Waals surface area contributed by atoms with E-state index < -0.39 is 0 Å². The summed E-state index contributed by atoms with van der Waals surface area (Å²) in [5.74, 6) is 0. The molecule has 0 unspecified atom stereocenters. The molecule has 0 saturated heterocycles. The molecule has 0 aliphatic heterocycles. The van der Waals surface area contributed by atoms with Crippen molar-refractivity contribution in [2.45, 2.75) is 52.1 Å². The van der Waals surface area contributed by atoms with E-state index in [2.05, 4.69) is 72.4 Å². The van der Waals surface area contributed by atoms with Crippen molar-refractivity contribution in [3.63, 3.8) is 0 Å². The molecule has 20 heavy (non-hydrogen) atoms. The fourth-order valence-corrected chi connectivity index (χ4v) is 3.50. The molecule has 0 saturated carbocycles. The number of nitrogens with one attached hydrogen (secondary N) is 2. The van der Waals surface area contributed by atoms with Crippen molar-refractivity contribution in [1.82, 2.24) is 4.98 Å². The molecule has 0 spiro atoms. The average Bonchev–Trinajstić information content (AvgIpc) is 2.87. The first-order chi connectivity index (χ1) is 9.23. The fraction of sp³-hybridized carbons (Fsp3) is 0.533. The molecule has 0 bridgehead atoms. The third kappa shape index (κ3) is 4.80. The van der Waals surface area contributed by atoms with Crippen LogP contribution in [0.2, 0.25) is 0 Å². The van der Waals surface area contributed by atoms with Crippen LogP contribution in [-0.2, 0) is 6.42 Å². The summed E-state index contributed by atoms with van der Waals surface area (Å²) in [6, 6.07) is 2.11. The van der Waals surface area contributed by atoms with Crippen LogP contribution in [0.3, 0.4) is 0 Å². The SMILES string of the molecule is CC(C)(C)Nc1nc(CC(C)(C)Nc2ccsc2)cs1. The first kappa shape index (κ1) is 15.3. The Morgan fingerprint density at radius 3 is 2.45 bits per heavy atom. The van der Waals surface area contributed by atoms with E-state index in [1.807, 2.05) is 0 Å². The molecule has 2 aromatic rings. The maximum absolute atomic E-state index is 4.68. The number of hydrogen-bond donors (Lipinski definition) is 2. The van der Waals surface area contributed by atoms with Gasteiger partial charge in [-0.25, -0.2) is 4.98 Å². The topological polar surface area (TPSA) is 37.0 Å². The molecule has 0 amide bonds. The van der Waals surface area contributed by atoms with Crippen LogP contribution >= 0.6 is 22.7 Å². The van der Waals surface area contributed by atoms with Crippen molar-refractivity contribution < 1.29 is 0 Å². The maximum atomic E-state index is 4.68. The molecule has 0 aliphatic carbocycles. The van der Waals surface area contributed by atoms with Crippen LogP contribution in [0.1, 0.15) is 40.3 Å². The van der Waals surface area contributed by atoms with Crippen LogP contribution in [0.15, 0.2) is 22.2 Å². The largest absolute Gasteiger partial charge is 0.379 e. The van der Waals surface area contributed by atoms with Gasteiger partial charge in [-0.3, -0.25) is 0 Å². The molecule has 0 aromatic carbocycles. The minimum atomic E-state index is -0.00580. The predicted molar refractivity (Wildman–Crippen MR) is 91.2 cm³/mol. The summed E-state index contributed by atoms with van der Waals surface area (Å²) in [5.41, 5.74) is 2.37. The van der Waals surface area contributed by atoms with Crippen LogP contribution in [0.5, 0.6) is 0 Å². The average molecular weight is 310 g/mol. The third-order valence-corrected chi connectivity index (χ3v) is 4.15. The molecule has 3 nitrogen and oxygen atoms in total. The number of rotatable bonds is 5. The molecule has 0 radical (unpaired) electrons. The minimum absolute atomic E-state index is 0.00580. The van der Waals surface area contributed by atoms with Gasteiger partial charge < -0.3 is 10.6 Å². The van der Waals surface area contributed by atoms with Gasteiger partial charge in [0.2, 0.25) is 0 Å². The molecule has 0 fully saturated rings. The van der Waals surface area contributed by atoms with Gasteiger partial charge in [-0.05, 0) is 46.1 Å². The second-order valence-electron chi connectivity index (χ2n) is 6.72. The lowest BCUT2D eigenvalue weighted by molar-refractivity contribution is 0.558. The van der Waals surface area contributed by atoms with E-state index >= 15 is 0 Å². The number of aromatic nitrogens is 1. The Bertz CT molecular complexity index is 536. The smallest absolute Gasteiger partial charge is 0.183 e. The van der Waals surface area contributed by atoms with E-state index in [-0.39, 0.29) is 11.1 Å². The van der Waals surface area contributed by atoms with E-state index in [4.69, 9.17) is 0 Å². The van der Waals surface area contributed by atoms with E-state index in [9.17, 15) is 0 Å². The summed E-state index contributed by atoms with van der Waals surface area (Å²) < 4.78 is 0. The van der Waals surface area contributed by atoms with Crippen molar-refractivity contribution in [2.75, 3.05) is 10.6 Å². The quantitative estimate of drug-likeness (QED) is 0.829. The number of hydrogen-bond acceptors (Lipinski definition) is 5. The first-order valence-corrected chi connectivity index (χ1v) is 8.59. The van der Waals surface area contributed by atoms with Gasteiger partial charge in [-0.2, -0.15) is 11.3 Å². The second-order valence-corrected chi connectivity index (χ2v) is 8.35. The molecular formula is C15H23N3S2. The highest BCUT2D eigenvalue weighted by Crippen LogP contribution is 2.25. The van der Waals surface area contributed by atoms with Gasteiger partial charge in [0.25, 0.3) is 0 Å². The number of nitrogens with zero attached hydrogens (tertiary/aromatic N) is 1. The third-order valence-electron chi connectivity index (χ3n) is 2.66. The highest BCUT2D eigenvalue weighted by atomic mass is 32.1. The van der Waals surface area contributed by atoms with Gasteiger partial charge in [-0.1, -0.05) is 0 Å². The standard InChI is InChI=1S/C15H23N3S2/c1-14(2,3)18-13-16-12(10-20-13)8-15(4,5)17-11-6-7-19-9-11/h6-7,9-10,17H,8H2,1-5H3,(H,16,18). The van der Waals surface area contributed by atoms with E-state index in [1.165, 1.54) is 5.69 Å². The normalized spacial score (nSPS) is 12.4. The van der Waals surface area contributed by atoms with Crippen LogP contribution < -0.4 is 10.6 Å². The van der Waals surface area contributed by atoms with Crippen LogP contribution in [0.25, 0.3) is 0 Å². The van der Waals surface area contributed by atoms with E-state index in [1.54, 1.807) is 22.7 Å². The Hall–Kier alpha value is -1.07. The molecule has 2 aromatic heterocycles. The lowest BCUT2D eigenvalue weighted by atomic mass is 9.99. The molecule has 0 aliphatic rings. The Morgan fingerprint density at radius 2 is 1.85 bits per heavy atom. The summed E-state index contributed by atoms with van der Waals surface area (Å²) in [7, 11) is 0. The highest BCUT2D eigenvalue weighted by molar-refractivity contribution is 7.13. The Morgan fingerprint density at radius 1 is 1.10 bits per heavy atom. The van der Waals surface area contributed by atoms with Crippen molar-refractivity contribution in [2.24, 2.45) is 0 Å². The lowest BCUT2D eigenvalue weighted by Crippen LogP contribution is -2.33. The Labute approximate surface area is 129 Å². The van der Waals surface area contributed by atoms with Crippen LogP contribution in [-0.4, -0.2) is 16.1 Å². The van der Waals surface area contributed by atoms with Gasteiger partial charge in [0.15, 0.2) is 5.13 Å². The number of thiazole rings is 1. The number of anilines is 2. The molecule has 110 valence electrons. The Kier molecular flexibility index (Phi) is 4.39. The monoisotopic (exact) mass is 309 g/mol. The van der Waals surface area contributed by atoms with Gasteiger partial charge in [-0.15, -0.1) is 11.3 Å². The highest BCUT2D eigenvalue weighted by Gasteiger charge is 2.20. The van der Waals surface area contributed by atoms with E-state index in [0.717, 1.165) is 17.2 Å². The van der Waals surface area contributed by atoms with Crippen LogP contribution in [0, 0.1) is 0 Å². The van der Waals surface area contributed by atoms with Crippen LogP contribution in [0.4, 0.5) is 10.8 Å². The van der Waals surface area contributed by atoms with Crippen molar-refractivity contribution >= 4 is 33.5 Å². The summed E-state index contributed by atoms with van der Waals surface area (Å²) in [4.78, 5) is 4.68. The zero-order valence-electron chi connectivity index (χ0n) is 12.8. The summed E-state index contributed by atoms with van der Waals surface area (Å²) >= 11 is 3.39. The maximum Gasteiger partial charge on any atom is 0.183 e. The summed E-state index contributed by atoms with van der Waals surface area (Å²) in [6.45, 7) is 10.9. The predicted octanol–water partition coefficient (Wildman–Crippen LogP) is 4.85. The molecule has 2 heterocycles. The van der Waals surface area contributed by atoms with Gasteiger partial charge in [0.1, 0.15) is 0 Å². The molecule has 2 rings (SSSR count). The summed E-state index contributed by atoms with van der Waals surface area (Å²) in [5, 5.41) is 14.3. The second kappa shape index (κ2) is 5.74. The lowest BCUT2D eigenvalue weighted by Gasteiger charge is -2.26. The zero-order valence-corrected chi connectivity index (χ0v) is 14.4. The van der Waals surface area contributed by atoms with Gasteiger partial charge in [0.05, 0.1) is 5.69 Å².